The van der Waals surface area contributed by atoms with Gasteiger partial charge < -0.3 is 10.1 Å². The van der Waals surface area contributed by atoms with E-state index < -0.39 is 6.10 Å². The molecule has 2 aromatic rings. The Morgan fingerprint density at radius 1 is 1.04 bits per heavy atom. The van der Waals surface area contributed by atoms with Crippen LogP contribution >= 0.6 is 0 Å². The first-order chi connectivity index (χ1) is 11.4. The van der Waals surface area contributed by atoms with Gasteiger partial charge in [0.1, 0.15) is 5.75 Å². The smallest absolute Gasteiger partial charge is 0.261 e. The van der Waals surface area contributed by atoms with Gasteiger partial charge in [0.05, 0.1) is 6.04 Å². The molecule has 3 heteroatoms. The Kier molecular flexibility index (Phi) is 6.02. The number of nitrogens with one attached hydrogen (secondary N) is 1. The molecule has 0 unspecified atom stereocenters. The molecule has 2 aromatic carbocycles. The molecular formula is C21H27NO2. The number of hydrogen-bond acceptors (Lipinski definition) is 2. The predicted octanol–water partition coefficient (Wildman–Crippen LogP) is 4.65. The van der Waals surface area contributed by atoms with Gasteiger partial charge >= 0.3 is 0 Å². The zero-order chi connectivity index (χ0) is 17.7. The second-order valence-corrected chi connectivity index (χ2v) is 6.42. The van der Waals surface area contributed by atoms with Crippen molar-refractivity contribution >= 4 is 5.91 Å². The number of rotatable bonds is 6. The minimum absolute atomic E-state index is 0.0481. The van der Waals surface area contributed by atoms with Crippen LogP contribution in [0.15, 0.2) is 42.5 Å². The molecule has 3 nitrogen and oxygen atoms in total. The predicted molar refractivity (Wildman–Crippen MR) is 98.4 cm³/mol. The van der Waals surface area contributed by atoms with Crippen LogP contribution in [0.3, 0.4) is 0 Å². The minimum Gasteiger partial charge on any atom is -0.481 e. The number of carbonyl (C=O) groups excluding carboxylic acids is 1. The molecule has 128 valence electrons. The highest BCUT2D eigenvalue weighted by molar-refractivity contribution is 5.81. The van der Waals surface area contributed by atoms with Crippen LogP contribution in [0.25, 0.3) is 0 Å². The highest BCUT2D eigenvalue weighted by Crippen LogP contribution is 2.20. The lowest BCUT2D eigenvalue weighted by atomic mass is 10.00. The molecule has 1 N–H and O–H groups in total. The Morgan fingerprint density at radius 2 is 1.67 bits per heavy atom. The first-order valence-corrected chi connectivity index (χ1v) is 8.51. The summed E-state index contributed by atoms with van der Waals surface area (Å²) >= 11 is 0. The average Bonchev–Trinajstić information content (AvgIpc) is 2.56. The van der Waals surface area contributed by atoms with Crippen LogP contribution in [0.2, 0.25) is 0 Å². The van der Waals surface area contributed by atoms with E-state index >= 15 is 0 Å². The molecule has 0 fully saturated rings. The summed E-state index contributed by atoms with van der Waals surface area (Å²) in [5.41, 5.74) is 4.69. The van der Waals surface area contributed by atoms with Gasteiger partial charge in [0.25, 0.3) is 5.91 Å². The van der Waals surface area contributed by atoms with Gasteiger partial charge in [-0.2, -0.15) is 0 Å². The molecule has 1 amide bonds. The highest BCUT2D eigenvalue weighted by atomic mass is 16.5. The fraction of sp³-hybridized carbons (Fsp3) is 0.381. The molecule has 0 aromatic heterocycles. The number of ether oxygens (including phenoxy) is 1. The standard InChI is InChI=1S/C21H27NO2/c1-6-20(24-18-11-8-14(2)9-12-18)21(23)22-17(5)19-13-15(3)7-10-16(19)4/h7-13,17,20H,6H2,1-5H3,(H,22,23)/t17-,20-/m1/s1. The monoisotopic (exact) mass is 325 g/mol. The van der Waals surface area contributed by atoms with Crippen LogP contribution in [-0.4, -0.2) is 12.0 Å². The second kappa shape index (κ2) is 8.00. The molecule has 0 heterocycles. The third kappa shape index (κ3) is 4.60. The first-order valence-electron chi connectivity index (χ1n) is 8.51. The van der Waals surface area contributed by atoms with Crippen molar-refractivity contribution in [1.82, 2.24) is 5.32 Å². The van der Waals surface area contributed by atoms with Crippen molar-refractivity contribution in [2.75, 3.05) is 0 Å². The van der Waals surface area contributed by atoms with Gasteiger partial charge in [-0.05, 0) is 57.4 Å². The molecule has 0 aliphatic carbocycles. The van der Waals surface area contributed by atoms with E-state index in [1.807, 2.05) is 45.0 Å². The molecule has 0 bridgehead atoms. The van der Waals surface area contributed by atoms with Gasteiger partial charge in [-0.15, -0.1) is 0 Å². The summed E-state index contributed by atoms with van der Waals surface area (Å²) in [4.78, 5) is 12.6. The Hall–Kier alpha value is -2.29. The van der Waals surface area contributed by atoms with Crippen molar-refractivity contribution in [3.63, 3.8) is 0 Å². The van der Waals surface area contributed by atoms with Crippen LogP contribution in [-0.2, 0) is 4.79 Å². The lowest BCUT2D eigenvalue weighted by molar-refractivity contribution is -0.128. The van der Waals surface area contributed by atoms with E-state index in [1.54, 1.807) is 0 Å². The van der Waals surface area contributed by atoms with Gasteiger partial charge in [-0.1, -0.05) is 48.4 Å². The quantitative estimate of drug-likeness (QED) is 0.840. The molecule has 0 saturated heterocycles. The summed E-state index contributed by atoms with van der Waals surface area (Å²) in [6.45, 7) is 10.1. The normalized spacial score (nSPS) is 13.2. The van der Waals surface area contributed by atoms with Crippen LogP contribution in [0, 0.1) is 20.8 Å². The SMILES string of the molecule is CC[C@@H](Oc1ccc(C)cc1)C(=O)N[C@H](C)c1cc(C)ccc1C. The van der Waals surface area contributed by atoms with Crippen LogP contribution in [0.4, 0.5) is 0 Å². The maximum atomic E-state index is 12.6. The molecule has 24 heavy (non-hydrogen) atoms. The van der Waals surface area contributed by atoms with E-state index in [2.05, 4.69) is 37.4 Å². The van der Waals surface area contributed by atoms with E-state index in [1.165, 1.54) is 16.7 Å². The number of hydrogen-bond donors (Lipinski definition) is 1. The van der Waals surface area contributed by atoms with Gasteiger partial charge in [-0.25, -0.2) is 0 Å². The molecule has 2 rings (SSSR count). The Bertz CT molecular complexity index is 691. The van der Waals surface area contributed by atoms with Crippen molar-refractivity contribution < 1.29 is 9.53 Å². The third-order valence-electron chi connectivity index (χ3n) is 4.22. The van der Waals surface area contributed by atoms with Gasteiger partial charge in [0.15, 0.2) is 6.10 Å². The van der Waals surface area contributed by atoms with Crippen molar-refractivity contribution in [2.24, 2.45) is 0 Å². The number of carbonyl (C=O) groups is 1. The summed E-state index contributed by atoms with van der Waals surface area (Å²) < 4.78 is 5.86. The van der Waals surface area contributed by atoms with Crippen molar-refractivity contribution in [2.45, 2.75) is 53.2 Å². The van der Waals surface area contributed by atoms with Crippen LogP contribution < -0.4 is 10.1 Å². The maximum Gasteiger partial charge on any atom is 0.261 e. The summed E-state index contributed by atoms with van der Waals surface area (Å²) in [5.74, 6) is 0.647. The first kappa shape index (κ1) is 18.1. The lowest BCUT2D eigenvalue weighted by Crippen LogP contribution is -2.39. The highest BCUT2D eigenvalue weighted by Gasteiger charge is 2.21. The molecule has 0 aliphatic heterocycles. The molecule has 0 radical (unpaired) electrons. The van der Waals surface area contributed by atoms with Crippen molar-refractivity contribution in [1.29, 1.82) is 0 Å². The Balaban J connectivity index is 2.05. The Labute approximate surface area is 145 Å². The van der Waals surface area contributed by atoms with E-state index in [9.17, 15) is 4.79 Å². The van der Waals surface area contributed by atoms with E-state index in [0.717, 1.165) is 11.3 Å². The topological polar surface area (TPSA) is 38.3 Å². The van der Waals surface area contributed by atoms with Gasteiger partial charge in [-0.3, -0.25) is 4.79 Å². The molecule has 0 spiro atoms. The van der Waals surface area contributed by atoms with Crippen LogP contribution in [0.1, 0.15) is 48.6 Å². The summed E-state index contributed by atoms with van der Waals surface area (Å²) in [7, 11) is 0. The zero-order valence-electron chi connectivity index (χ0n) is 15.2. The average molecular weight is 325 g/mol. The fourth-order valence-corrected chi connectivity index (χ4v) is 2.71. The van der Waals surface area contributed by atoms with E-state index in [4.69, 9.17) is 4.74 Å². The maximum absolute atomic E-state index is 12.6. The zero-order valence-corrected chi connectivity index (χ0v) is 15.2. The fourth-order valence-electron chi connectivity index (χ4n) is 2.71. The third-order valence-corrected chi connectivity index (χ3v) is 4.22. The lowest BCUT2D eigenvalue weighted by Gasteiger charge is -2.22. The molecule has 2 atom stereocenters. The summed E-state index contributed by atoms with van der Waals surface area (Å²) in [6, 6.07) is 14.0. The van der Waals surface area contributed by atoms with Crippen molar-refractivity contribution in [3.8, 4) is 5.75 Å². The second-order valence-electron chi connectivity index (χ2n) is 6.42. The van der Waals surface area contributed by atoms with Crippen LogP contribution in [0.5, 0.6) is 5.75 Å². The van der Waals surface area contributed by atoms with E-state index in [0.29, 0.717) is 6.42 Å². The minimum atomic E-state index is -0.486. The summed E-state index contributed by atoms with van der Waals surface area (Å²) in [6.07, 6.45) is 0.138. The Morgan fingerprint density at radius 3 is 2.29 bits per heavy atom. The van der Waals surface area contributed by atoms with Crippen molar-refractivity contribution in [3.05, 3.63) is 64.7 Å². The van der Waals surface area contributed by atoms with E-state index in [-0.39, 0.29) is 11.9 Å². The van der Waals surface area contributed by atoms with Gasteiger partial charge in [0.2, 0.25) is 0 Å². The molecule has 0 saturated carbocycles. The molecular weight excluding hydrogens is 298 g/mol. The molecule has 0 aliphatic rings. The summed E-state index contributed by atoms with van der Waals surface area (Å²) in [5, 5.41) is 3.08. The van der Waals surface area contributed by atoms with Gasteiger partial charge in [0, 0.05) is 0 Å². The number of aryl methyl sites for hydroxylation is 3. The largest absolute Gasteiger partial charge is 0.481 e. The number of amides is 1. The number of benzene rings is 2.